The van der Waals surface area contributed by atoms with Crippen LogP contribution in [0.1, 0.15) is 17.5 Å². The number of nitrogens with one attached hydrogen (secondary N) is 2. The van der Waals surface area contributed by atoms with Crippen molar-refractivity contribution in [2.45, 2.75) is 12.8 Å². The van der Waals surface area contributed by atoms with Gasteiger partial charge < -0.3 is 11.1 Å². The number of rotatable bonds is 3. The van der Waals surface area contributed by atoms with Crippen molar-refractivity contribution in [1.82, 2.24) is 20.2 Å². The summed E-state index contributed by atoms with van der Waals surface area (Å²) in [5.41, 5.74) is 12.3. The minimum absolute atomic E-state index is 0.244. The molecule has 132 valence electrons. The Labute approximate surface area is 156 Å². The molecule has 4 N–H and O–H groups in total. The Kier molecular flexibility index (Phi) is 3.60. The lowest BCUT2D eigenvalue weighted by molar-refractivity contribution is 0.985. The summed E-state index contributed by atoms with van der Waals surface area (Å²) >= 11 is 0. The second-order valence-electron chi connectivity index (χ2n) is 6.61. The predicted octanol–water partition coefficient (Wildman–Crippen LogP) is 4.31. The molecule has 1 aliphatic carbocycles. The fourth-order valence-corrected chi connectivity index (χ4v) is 3.48. The normalized spacial score (nSPS) is 12.9. The number of hydrogen-bond donors (Lipinski definition) is 3. The number of H-pyrrole nitrogens is 1. The highest BCUT2D eigenvalue weighted by atomic mass is 15.1. The Hall–Kier alpha value is -3.67. The minimum Gasteiger partial charge on any atom is -0.368 e. The van der Waals surface area contributed by atoms with Crippen LogP contribution in [0.3, 0.4) is 0 Å². The van der Waals surface area contributed by atoms with Gasteiger partial charge in [-0.25, -0.2) is 4.98 Å². The predicted molar refractivity (Wildman–Crippen MR) is 109 cm³/mol. The summed E-state index contributed by atoms with van der Waals surface area (Å²) in [6, 6.07) is 14.4. The molecule has 4 aromatic rings. The average Bonchev–Trinajstić information content (AvgIpc) is 3.11. The second kappa shape index (κ2) is 6.25. The van der Waals surface area contributed by atoms with Gasteiger partial charge in [-0.05, 0) is 54.3 Å². The molecule has 2 aromatic carbocycles. The lowest BCUT2D eigenvalue weighted by Crippen LogP contribution is -1.98. The first-order valence-corrected chi connectivity index (χ1v) is 8.90. The molecule has 2 aromatic heterocycles. The maximum Gasteiger partial charge on any atom is 0.221 e. The van der Waals surface area contributed by atoms with Gasteiger partial charge in [-0.3, -0.25) is 5.10 Å². The number of aryl methyl sites for hydroxylation is 1. The molecule has 0 radical (unpaired) electrons. The first kappa shape index (κ1) is 15.6. The Balaban J connectivity index is 1.55. The van der Waals surface area contributed by atoms with Crippen molar-refractivity contribution in [3.05, 3.63) is 65.9 Å². The molecule has 0 amide bonds. The maximum absolute atomic E-state index is 5.66. The SMILES string of the molecule is Nc1nccc(Nc2ccc3[nH]nc(-c4ccc5c(c4)CCC=C5)c3c2)n1. The molecule has 1 aliphatic rings. The molecule has 6 nitrogen and oxygen atoms in total. The van der Waals surface area contributed by atoms with E-state index in [4.69, 9.17) is 5.73 Å². The van der Waals surface area contributed by atoms with E-state index >= 15 is 0 Å². The standard InChI is InChI=1S/C21H18N6/c22-21-23-10-9-19(25-21)24-16-7-8-18-17(12-16)20(27-26-18)15-6-5-13-3-1-2-4-14(13)11-15/h1,3,5-12H,2,4H2,(H,26,27)(H3,22,23,24,25). The summed E-state index contributed by atoms with van der Waals surface area (Å²) in [4.78, 5) is 8.11. The smallest absolute Gasteiger partial charge is 0.221 e. The lowest BCUT2D eigenvalue weighted by Gasteiger charge is -2.11. The molecular formula is C21H18N6. The number of aromatic amines is 1. The van der Waals surface area contributed by atoms with Crippen molar-refractivity contribution in [1.29, 1.82) is 0 Å². The van der Waals surface area contributed by atoms with Crippen LogP contribution >= 0.6 is 0 Å². The number of nitrogens with zero attached hydrogens (tertiary/aromatic N) is 3. The van der Waals surface area contributed by atoms with Gasteiger partial charge in [0.25, 0.3) is 0 Å². The number of nitrogens with two attached hydrogens (primary N) is 1. The van der Waals surface area contributed by atoms with Crippen molar-refractivity contribution in [2.24, 2.45) is 0 Å². The van der Waals surface area contributed by atoms with Crippen LogP contribution in [0.4, 0.5) is 17.5 Å². The zero-order valence-electron chi connectivity index (χ0n) is 14.6. The largest absolute Gasteiger partial charge is 0.368 e. The fraction of sp³-hybridized carbons (Fsp3) is 0.0952. The third kappa shape index (κ3) is 2.91. The molecule has 0 spiro atoms. The number of fused-ring (bicyclic) bond motifs is 2. The van der Waals surface area contributed by atoms with E-state index in [9.17, 15) is 0 Å². The molecule has 6 heteroatoms. The molecular weight excluding hydrogens is 336 g/mol. The number of allylic oxidation sites excluding steroid dienone is 1. The van der Waals surface area contributed by atoms with Gasteiger partial charge in [0.05, 0.1) is 11.2 Å². The van der Waals surface area contributed by atoms with E-state index in [1.807, 2.05) is 12.1 Å². The van der Waals surface area contributed by atoms with Crippen molar-refractivity contribution in [3.63, 3.8) is 0 Å². The van der Waals surface area contributed by atoms with Crippen molar-refractivity contribution in [3.8, 4) is 11.3 Å². The van der Waals surface area contributed by atoms with E-state index in [1.165, 1.54) is 11.1 Å². The van der Waals surface area contributed by atoms with Crippen LogP contribution in [0.2, 0.25) is 0 Å². The summed E-state index contributed by atoms with van der Waals surface area (Å²) in [5.74, 6) is 0.903. The van der Waals surface area contributed by atoms with Crippen LogP contribution in [0, 0.1) is 0 Å². The van der Waals surface area contributed by atoms with E-state index in [2.05, 4.69) is 61.9 Å². The molecule has 0 saturated heterocycles. The van der Waals surface area contributed by atoms with Crippen LogP contribution in [-0.4, -0.2) is 20.2 Å². The highest BCUT2D eigenvalue weighted by molar-refractivity contribution is 5.95. The summed E-state index contributed by atoms with van der Waals surface area (Å²) in [7, 11) is 0. The van der Waals surface area contributed by atoms with Crippen LogP contribution in [0.5, 0.6) is 0 Å². The summed E-state index contributed by atoms with van der Waals surface area (Å²) < 4.78 is 0. The van der Waals surface area contributed by atoms with Crippen LogP contribution in [0.25, 0.3) is 28.2 Å². The van der Waals surface area contributed by atoms with Crippen molar-refractivity contribution in [2.75, 3.05) is 11.1 Å². The zero-order chi connectivity index (χ0) is 18.2. The van der Waals surface area contributed by atoms with Gasteiger partial charge in [0.15, 0.2) is 0 Å². The van der Waals surface area contributed by atoms with Gasteiger partial charge in [0.2, 0.25) is 5.95 Å². The van der Waals surface area contributed by atoms with E-state index in [0.717, 1.165) is 40.7 Å². The summed E-state index contributed by atoms with van der Waals surface area (Å²) in [5, 5.41) is 12.0. The van der Waals surface area contributed by atoms with Gasteiger partial charge in [-0.2, -0.15) is 10.1 Å². The van der Waals surface area contributed by atoms with Crippen LogP contribution in [0.15, 0.2) is 54.7 Å². The first-order chi connectivity index (χ1) is 13.3. The number of hydrogen-bond acceptors (Lipinski definition) is 5. The topological polar surface area (TPSA) is 92.5 Å². The molecule has 27 heavy (non-hydrogen) atoms. The van der Waals surface area contributed by atoms with Crippen molar-refractivity contribution < 1.29 is 0 Å². The van der Waals surface area contributed by atoms with Gasteiger partial charge >= 0.3 is 0 Å². The van der Waals surface area contributed by atoms with Crippen molar-refractivity contribution >= 4 is 34.4 Å². The van der Waals surface area contributed by atoms with E-state index < -0.39 is 0 Å². The maximum atomic E-state index is 5.66. The molecule has 5 rings (SSSR count). The van der Waals surface area contributed by atoms with Gasteiger partial charge in [0, 0.05) is 22.8 Å². The lowest BCUT2D eigenvalue weighted by atomic mass is 9.94. The molecule has 0 unspecified atom stereocenters. The Bertz CT molecular complexity index is 1170. The summed E-state index contributed by atoms with van der Waals surface area (Å²) in [6.45, 7) is 0. The number of benzene rings is 2. The molecule has 0 aliphatic heterocycles. The van der Waals surface area contributed by atoms with E-state index in [-0.39, 0.29) is 5.95 Å². The summed E-state index contributed by atoms with van der Waals surface area (Å²) in [6.07, 6.45) is 8.22. The Morgan fingerprint density at radius 3 is 2.96 bits per heavy atom. The zero-order valence-corrected chi connectivity index (χ0v) is 14.6. The van der Waals surface area contributed by atoms with E-state index in [1.54, 1.807) is 12.3 Å². The van der Waals surface area contributed by atoms with Crippen LogP contribution in [-0.2, 0) is 6.42 Å². The highest BCUT2D eigenvalue weighted by Gasteiger charge is 2.12. The number of nitrogen functional groups attached to an aromatic ring is 1. The van der Waals surface area contributed by atoms with Gasteiger partial charge in [0.1, 0.15) is 5.82 Å². The Morgan fingerprint density at radius 1 is 1.07 bits per heavy atom. The first-order valence-electron chi connectivity index (χ1n) is 8.90. The molecule has 0 atom stereocenters. The van der Waals surface area contributed by atoms with Gasteiger partial charge in [-0.1, -0.05) is 24.3 Å². The van der Waals surface area contributed by atoms with Gasteiger partial charge in [-0.15, -0.1) is 0 Å². The molecule has 2 heterocycles. The average molecular weight is 354 g/mol. The molecule has 0 bridgehead atoms. The highest BCUT2D eigenvalue weighted by Crippen LogP contribution is 2.32. The van der Waals surface area contributed by atoms with E-state index in [0.29, 0.717) is 5.82 Å². The minimum atomic E-state index is 0.244. The fourth-order valence-electron chi connectivity index (χ4n) is 3.48. The third-order valence-electron chi connectivity index (χ3n) is 4.80. The number of aromatic nitrogens is 4. The molecule has 0 fully saturated rings. The monoisotopic (exact) mass is 354 g/mol. The molecule has 0 saturated carbocycles. The number of anilines is 3. The third-order valence-corrected chi connectivity index (χ3v) is 4.80. The second-order valence-corrected chi connectivity index (χ2v) is 6.61. The van der Waals surface area contributed by atoms with Crippen LogP contribution < -0.4 is 11.1 Å². The quantitative estimate of drug-likeness (QED) is 0.510. The Morgan fingerprint density at radius 2 is 2.04 bits per heavy atom.